The zero-order valence-corrected chi connectivity index (χ0v) is 15.9. The maximum atomic E-state index is 12.5. The Morgan fingerprint density at radius 3 is 2.14 bits per heavy atom. The number of aromatic nitrogens is 2. The Hall–Kier alpha value is -3.45. The van der Waals surface area contributed by atoms with Gasteiger partial charge in [0.15, 0.2) is 5.69 Å². The standard InChI is InChI=1S/C22H22N4O3/c27-21(28)20-10-11-26(23-20)22(29)25-14-12-24(13-15-25)16-17-6-8-19(9-7-17)18-4-2-1-3-5-18/h1-11H,12-16H2,(H,27,28). The maximum absolute atomic E-state index is 12.5. The first-order chi connectivity index (χ1) is 14.1. The maximum Gasteiger partial charge on any atom is 0.356 e. The summed E-state index contributed by atoms with van der Waals surface area (Å²) < 4.78 is 1.10. The average molecular weight is 390 g/mol. The lowest BCUT2D eigenvalue weighted by atomic mass is 10.0. The van der Waals surface area contributed by atoms with Crippen LogP contribution in [0.4, 0.5) is 4.79 Å². The fourth-order valence-corrected chi connectivity index (χ4v) is 3.48. The number of carboxylic acid groups (broad SMARTS) is 1. The fraction of sp³-hybridized carbons (Fsp3) is 0.227. The number of rotatable bonds is 4. The monoisotopic (exact) mass is 390 g/mol. The normalized spacial score (nSPS) is 14.7. The van der Waals surface area contributed by atoms with Gasteiger partial charge < -0.3 is 10.0 Å². The number of nitrogens with zero attached hydrogens (tertiary/aromatic N) is 4. The number of carbonyl (C=O) groups is 2. The van der Waals surface area contributed by atoms with Crippen molar-refractivity contribution in [3.8, 4) is 11.1 Å². The Balaban J connectivity index is 1.31. The number of hydrogen-bond acceptors (Lipinski definition) is 4. The largest absolute Gasteiger partial charge is 0.476 e. The van der Waals surface area contributed by atoms with Crippen molar-refractivity contribution in [2.45, 2.75) is 6.54 Å². The molecule has 1 fully saturated rings. The highest BCUT2D eigenvalue weighted by Gasteiger charge is 2.23. The lowest BCUT2D eigenvalue weighted by Crippen LogP contribution is -2.49. The van der Waals surface area contributed by atoms with E-state index in [1.54, 1.807) is 4.90 Å². The van der Waals surface area contributed by atoms with E-state index < -0.39 is 5.97 Å². The average Bonchev–Trinajstić information content (AvgIpc) is 3.26. The van der Waals surface area contributed by atoms with Crippen LogP contribution < -0.4 is 0 Å². The van der Waals surface area contributed by atoms with E-state index >= 15 is 0 Å². The van der Waals surface area contributed by atoms with E-state index in [4.69, 9.17) is 5.11 Å². The number of aromatic carboxylic acids is 1. The van der Waals surface area contributed by atoms with Crippen LogP contribution in [0.1, 0.15) is 16.1 Å². The van der Waals surface area contributed by atoms with Gasteiger partial charge in [0.25, 0.3) is 0 Å². The molecule has 1 amide bonds. The highest BCUT2D eigenvalue weighted by molar-refractivity contribution is 5.86. The van der Waals surface area contributed by atoms with Gasteiger partial charge in [0.2, 0.25) is 0 Å². The van der Waals surface area contributed by atoms with Crippen molar-refractivity contribution in [3.63, 3.8) is 0 Å². The number of piperazine rings is 1. The van der Waals surface area contributed by atoms with Gasteiger partial charge >= 0.3 is 12.0 Å². The first kappa shape index (κ1) is 18.9. The van der Waals surface area contributed by atoms with Crippen LogP contribution >= 0.6 is 0 Å². The van der Waals surface area contributed by atoms with Gasteiger partial charge in [-0.25, -0.2) is 9.59 Å². The number of carboxylic acids is 1. The molecule has 4 rings (SSSR count). The zero-order chi connectivity index (χ0) is 20.2. The summed E-state index contributed by atoms with van der Waals surface area (Å²) in [5.41, 5.74) is 3.51. The molecule has 0 bridgehead atoms. The smallest absolute Gasteiger partial charge is 0.356 e. The lowest BCUT2D eigenvalue weighted by Gasteiger charge is -2.34. The van der Waals surface area contributed by atoms with Gasteiger partial charge in [0.1, 0.15) is 0 Å². The molecule has 0 unspecified atom stereocenters. The Morgan fingerprint density at radius 1 is 0.862 bits per heavy atom. The summed E-state index contributed by atoms with van der Waals surface area (Å²) in [6, 6.07) is 19.9. The number of hydrogen-bond donors (Lipinski definition) is 1. The predicted octanol–water partition coefficient (Wildman–Crippen LogP) is 3.03. The van der Waals surface area contributed by atoms with E-state index in [-0.39, 0.29) is 11.7 Å². The van der Waals surface area contributed by atoms with Gasteiger partial charge in [0, 0.05) is 38.9 Å². The Labute approximate surface area is 168 Å². The van der Waals surface area contributed by atoms with Crippen LogP contribution in [0.15, 0.2) is 66.9 Å². The summed E-state index contributed by atoms with van der Waals surface area (Å²) in [5.74, 6) is -1.14. The van der Waals surface area contributed by atoms with E-state index in [1.807, 2.05) is 18.2 Å². The fourth-order valence-electron chi connectivity index (χ4n) is 3.48. The second kappa shape index (κ2) is 8.28. The van der Waals surface area contributed by atoms with Crippen molar-refractivity contribution in [2.75, 3.05) is 26.2 Å². The molecule has 3 aromatic rings. The predicted molar refractivity (Wildman–Crippen MR) is 109 cm³/mol. The van der Waals surface area contributed by atoms with Crippen LogP contribution in [-0.4, -0.2) is 62.9 Å². The molecule has 0 radical (unpaired) electrons. The summed E-state index contributed by atoms with van der Waals surface area (Å²) in [4.78, 5) is 27.4. The zero-order valence-electron chi connectivity index (χ0n) is 15.9. The minimum absolute atomic E-state index is 0.129. The third-order valence-electron chi connectivity index (χ3n) is 5.11. The third-order valence-corrected chi connectivity index (χ3v) is 5.11. The summed E-state index contributed by atoms with van der Waals surface area (Å²) in [6.07, 6.45) is 1.40. The molecule has 1 saturated heterocycles. The summed E-state index contributed by atoms with van der Waals surface area (Å²) >= 11 is 0. The molecule has 1 aromatic heterocycles. The van der Waals surface area contributed by atoms with Crippen molar-refractivity contribution < 1.29 is 14.7 Å². The van der Waals surface area contributed by atoms with Gasteiger partial charge in [0.05, 0.1) is 0 Å². The molecule has 1 aliphatic heterocycles. The SMILES string of the molecule is O=C(O)c1ccn(C(=O)N2CCN(Cc3ccc(-c4ccccc4)cc3)CC2)n1. The van der Waals surface area contributed by atoms with Gasteiger partial charge in [-0.15, -0.1) is 0 Å². The van der Waals surface area contributed by atoms with Crippen LogP contribution in [0.3, 0.4) is 0 Å². The molecule has 7 heteroatoms. The van der Waals surface area contributed by atoms with Gasteiger partial charge in [-0.05, 0) is 22.8 Å². The molecule has 0 spiro atoms. The van der Waals surface area contributed by atoms with Crippen LogP contribution in [0.5, 0.6) is 0 Å². The van der Waals surface area contributed by atoms with Crippen LogP contribution in [0.25, 0.3) is 11.1 Å². The number of benzene rings is 2. The Bertz CT molecular complexity index is 990. The molecule has 0 saturated carbocycles. The molecular formula is C22H22N4O3. The molecule has 1 aliphatic rings. The van der Waals surface area contributed by atoms with Crippen LogP contribution in [-0.2, 0) is 6.54 Å². The van der Waals surface area contributed by atoms with E-state index in [0.717, 1.165) is 24.3 Å². The van der Waals surface area contributed by atoms with Crippen molar-refractivity contribution in [3.05, 3.63) is 78.1 Å². The summed E-state index contributed by atoms with van der Waals surface area (Å²) in [5, 5.41) is 12.8. The van der Waals surface area contributed by atoms with Gasteiger partial charge in [-0.2, -0.15) is 9.78 Å². The molecule has 1 N–H and O–H groups in total. The van der Waals surface area contributed by atoms with Crippen molar-refractivity contribution in [1.29, 1.82) is 0 Å². The Morgan fingerprint density at radius 2 is 1.52 bits per heavy atom. The molecule has 148 valence electrons. The van der Waals surface area contributed by atoms with Gasteiger partial charge in [-0.1, -0.05) is 54.6 Å². The van der Waals surface area contributed by atoms with Crippen LogP contribution in [0.2, 0.25) is 0 Å². The van der Waals surface area contributed by atoms with Gasteiger partial charge in [-0.3, -0.25) is 4.90 Å². The molecule has 0 atom stereocenters. The molecule has 0 aliphatic carbocycles. The second-order valence-corrected chi connectivity index (χ2v) is 7.06. The second-order valence-electron chi connectivity index (χ2n) is 7.06. The minimum Gasteiger partial charge on any atom is -0.476 e. The summed E-state index contributed by atoms with van der Waals surface area (Å²) in [7, 11) is 0. The van der Waals surface area contributed by atoms with E-state index in [0.29, 0.717) is 13.1 Å². The first-order valence-corrected chi connectivity index (χ1v) is 9.55. The van der Waals surface area contributed by atoms with Crippen molar-refractivity contribution in [2.24, 2.45) is 0 Å². The van der Waals surface area contributed by atoms with E-state index in [2.05, 4.69) is 46.4 Å². The molecular weight excluding hydrogens is 368 g/mol. The molecule has 2 aromatic carbocycles. The quantitative estimate of drug-likeness (QED) is 0.741. The minimum atomic E-state index is -1.14. The molecule has 29 heavy (non-hydrogen) atoms. The highest BCUT2D eigenvalue weighted by Crippen LogP contribution is 2.20. The Kier molecular flexibility index (Phi) is 5.39. The van der Waals surface area contributed by atoms with E-state index in [1.165, 1.54) is 29.0 Å². The highest BCUT2D eigenvalue weighted by atomic mass is 16.4. The number of amides is 1. The number of carbonyl (C=O) groups excluding carboxylic acids is 1. The first-order valence-electron chi connectivity index (χ1n) is 9.55. The van der Waals surface area contributed by atoms with Crippen molar-refractivity contribution in [1.82, 2.24) is 19.6 Å². The topological polar surface area (TPSA) is 78.7 Å². The van der Waals surface area contributed by atoms with Crippen LogP contribution in [0, 0.1) is 0 Å². The third kappa shape index (κ3) is 4.35. The molecule has 7 nitrogen and oxygen atoms in total. The summed E-state index contributed by atoms with van der Waals surface area (Å²) in [6.45, 7) is 3.53. The van der Waals surface area contributed by atoms with E-state index in [9.17, 15) is 9.59 Å². The van der Waals surface area contributed by atoms with Crippen molar-refractivity contribution >= 4 is 12.0 Å². The molecule has 2 heterocycles. The lowest BCUT2D eigenvalue weighted by molar-refractivity contribution is 0.0689.